The second-order valence-electron chi connectivity index (χ2n) is 3.16. The van der Waals surface area contributed by atoms with Crippen molar-refractivity contribution in [2.45, 2.75) is 26.2 Å². The van der Waals surface area contributed by atoms with Crippen molar-refractivity contribution in [1.29, 1.82) is 5.26 Å². The fraction of sp³-hybridized carbons (Fsp3) is 0.364. The Labute approximate surface area is 84.0 Å². The molecule has 1 aromatic rings. The van der Waals surface area contributed by atoms with Crippen molar-refractivity contribution >= 4 is 11.6 Å². The van der Waals surface area contributed by atoms with Gasteiger partial charge < -0.3 is 0 Å². The van der Waals surface area contributed by atoms with E-state index in [1.54, 1.807) is 6.07 Å². The van der Waals surface area contributed by atoms with Crippen molar-refractivity contribution in [3.63, 3.8) is 0 Å². The van der Waals surface area contributed by atoms with E-state index in [1.807, 2.05) is 18.2 Å². The van der Waals surface area contributed by atoms with Gasteiger partial charge in [-0.25, -0.2) is 0 Å². The third kappa shape index (κ3) is 2.23. The second-order valence-corrected chi connectivity index (χ2v) is 3.57. The molecule has 0 aliphatic rings. The topological polar surface area (TPSA) is 23.8 Å². The smallest absolute Gasteiger partial charge is 0.101 e. The number of nitriles is 1. The predicted octanol–water partition coefficient (Wildman–Crippen LogP) is 3.73. The highest BCUT2D eigenvalue weighted by molar-refractivity contribution is 6.31. The van der Waals surface area contributed by atoms with Crippen LogP contribution in [0.4, 0.5) is 0 Å². The highest BCUT2D eigenvalue weighted by atomic mass is 35.5. The lowest BCUT2D eigenvalue weighted by molar-refractivity contribution is 0.733. The van der Waals surface area contributed by atoms with Crippen LogP contribution in [0.2, 0.25) is 5.02 Å². The molecule has 0 radical (unpaired) electrons. The van der Waals surface area contributed by atoms with Crippen molar-refractivity contribution < 1.29 is 0 Å². The first-order chi connectivity index (χ1) is 6.19. The minimum absolute atomic E-state index is 0.505. The molecule has 0 aromatic heterocycles. The zero-order chi connectivity index (χ0) is 9.84. The molecule has 0 N–H and O–H groups in total. The molecule has 1 nitrogen and oxygen atoms in total. The first-order valence-electron chi connectivity index (χ1n) is 4.38. The lowest BCUT2D eigenvalue weighted by atomic mass is 9.98. The number of halogens is 1. The molecule has 0 bridgehead atoms. The van der Waals surface area contributed by atoms with Crippen LogP contribution in [0.5, 0.6) is 0 Å². The predicted molar refractivity (Wildman–Crippen MR) is 54.9 cm³/mol. The van der Waals surface area contributed by atoms with E-state index < -0.39 is 0 Å². The summed E-state index contributed by atoms with van der Waals surface area (Å²) < 4.78 is 0. The van der Waals surface area contributed by atoms with E-state index in [0.717, 1.165) is 6.42 Å². The van der Waals surface area contributed by atoms with Gasteiger partial charge in [-0.1, -0.05) is 31.5 Å². The van der Waals surface area contributed by atoms with Gasteiger partial charge in [-0.3, -0.25) is 0 Å². The van der Waals surface area contributed by atoms with E-state index in [-0.39, 0.29) is 0 Å². The molecule has 13 heavy (non-hydrogen) atoms. The highest BCUT2D eigenvalue weighted by Crippen LogP contribution is 2.24. The maximum Gasteiger partial charge on any atom is 0.101 e. The normalized spacial score (nSPS) is 12.2. The third-order valence-corrected chi connectivity index (χ3v) is 2.61. The van der Waals surface area contributed by atoms with Gasteiger partial charge in [0.1, 0.15) is 6.07 Å². The maximum atomic E-state index is 8.67. The first kappa shape index (κ1) is 10.1. The zero-order valence-corrected chi connectivity index (χ0v) is 8.60. The van der Waals surface area contributed by atoms with Gasteiger partial charge in [-0.15, -0.1) is 0 Å². The van der Waals surface area contributed by atoms with Gasteiger partial charge >= 0.3 is 0 Å². The van der Waals surface area contributed by atoms with E-state index >= 15 is 0 Å². The Balaban J connectivity index is 3.04. The van der Waals surface area contributed by atoms with Crippen molar-refractivity contribution in [1.82, 2.24) is 0 Å². The zero-order valence-electron chi connectivity index (χ0n) is 7.84. The van der Waals surface area contributed by atoms with E-state index in [4.69, 9.17) is 16.9 Å². The van der Waals surface area contributed by atoms with E-state index in [2.05, 4.69) is 13.8 Å². The van der Waals surface area contributed by atoms with Gasteiger partial charge in [0, 0.05) is 0 Å². The van der Waals surface area contributed by atoms with Crippen molar-refractivity contribution in [3.05, 3.63) is 34.3 Å². The van der Waals surface area contributed by atoms with Gasteiger partial charge in [0.25, 0.3) is 0 Å². The monoisotopic (exact) mass is 193 g/mol. The Morgan fingerprint density at radius 3 is 2.69 bits per heavy atom. The average Bonchev–Trinajstić information content (AvgIpc) is 2.16. The molecule has 2 heteroatoms. The van der Waals surface area contributed by atoms with Gasteiger partial charge in [0.2, 0.25) is 0 Å². The first-order valence-corrected chi connectivity index (χ1v) is 4.76. The maximum absolute atomic E-state index is 8.67. The molecule has 0 aliphatic carbocycles. The molecule has 0 spiro atoms. The molecule has 0 fully saturated rings. The summed E-state index contributed by atoms with van der Waals surface area (Å²) in [4.78, 5) is 0. The largest absolute Gasteiger partial charge is 0.192 e. The van der Waals surface area contributed by atoms with Crippen LogP contribution in [0.1, 0.15) is 37.3 Å². The molecule has 0 saturated carbocycles. The summed E-state index contributed by atoms with van der Waals surface area (Å²) in [7, 11) is 0. The highest BCUT2D eigenvalue weighted by Gasteiger charge is 2.05. The minimum Gasteiger partial charge on any atom is -0.192 e. The van der Waals surface area contributed by atoms with Crippen LogP contribution >= 0.6 is 11.6 Å². The van der Waals surface area contributed by atoms with Crippen LogP contribution in [0.25, 0.3) is 0 Å². The SMILES string of the molecule is CCC(C)c1ccc(C#N)c(Cl)c1. The molecular weight excluding hydrogens is 182 g/mol. The molecule has 0 amide bonds. The molecule has 0 heterocycles. The Hall–Kier alpha value is -1.00. The number of benzene rings is 1. The Bertz CT molecular complexity index is 338. The number of nitrogens with zero attached hydrogens (tertiary/aromatic N) is 1. The lowest BCUT2D eigenvalue weighted by Crippen LogP contribution is -1.91. The van der Waals surface area contributed by atoms with Crippen molar-refractivity contribution in [2.24, 2.45) is 0 Å². The van der Waals surface area contributed by atoms with Crippen LogP contribution in [0, 0.1) is 11.3 Å². The van der Waals surface area contributed by atoms with Gasteiger partial charge in [0.15, 0.2) is 0 Å². The Morgan fingerprint density at radius 2 is 2.23 bits per heavy atom. The fourth-order valence-electron chi connectivity index (χ4n) is 1.16. The number of hydrogen-bond donors (Lipinski definition) is 0. The van der Waals surface area contributed by atoms with E-state index in [1.165, 1.54) is 5.56 Å². The van der Waals surface area contributed by atoms with Crippen molar-refractivity contribution in [3.8, 4) is 6.07 Å². The molecule has 1 atom stereocenters. The third-order valence-electron chi connectivity index (χ3n) is 2.30. The minimum atomic E-state index is 0.505. The molecular formula is C11H12ClN. The summed E-state index contributed by atoms with van der Waals surface area (Å²) in [6, 6.07) is 7.68. The van der Waals surface area contributed by atoms with Crippen LogP contribution < -0.4 is 0 Å². The quantitative estimate of drug-likeness (QED) is 0.702. The average molecular weight is 194 g/mol. The molecule has 0 aliphatic heterocycles. The van der Waals surface area contributed by atoms with Crippen LogP contribution in [0.3, 0.4) is 0 Å². The number of rotatable bonds is 2. The van der Waals surface area contributed by atoms with Gasteiger partial charge in [-0.2, -0.15) is 5.26 Å². The van der Waals surface area contributed by atoms with Gasteiger partial charge in [-0.05, 0) is 30.0 Å². The molecule has 1 aromatic carbocycles. The summed E-state index contributed by atoms with van der Waals surface area (Å²) in [5, 5.41) is 9.23. The number of hydrogen-bond acceptors (Lipinski definition) is 1. The summed E-state index contributed by atoms with van der Waals surface area (Å²) in [6.45, 7) is 4.29. The lowest BCUT2D eigenvalue weighted by Gasteiger charge is -2.09. The van der Waals surface area contributed by atoms with E-state index in [0.29, 0.717) is 16.5 Å². The fourth-order valence-corrected chi connectivity index (χ4v) is 1.40. The molecule has 0 saturated heterocycles. The van der Waals surface area contributed by atoms with Gasteiger partial charge in [0.05, 0.1) is 10.6 Å². The summed E-state index contributed by atoms with van der Waals surface area (Å²) in [5.41, 5.74) is 1.75. The standard InChI is InChI=1S/C11H12ClN/c1-3-8(2)9-4-5-10(7-13)11(12)6-9/h4-6,8H,3H2,1-2H3. The molecule has 68 valence electrons. The van der Waals surface area contributed by atoms with Crippen LogP contribution in [-0.2, 0) is 0 Å². The van der Waals surface area contributed by atoms with Crippen LogP contribution in [-0.4, -0.2) is 0 Å². The Kier molecular flexibility index (Phi) is 3.33. The van der Waals surface area contributed by atoms with Crippen molar-refractivity contribution in [2.75, 3.05) is 0 Å². The summed E-state index contributed by atoms with van der Waals surface area (Å²) in [5.74, 6) is 0.505. The summed E-state index contributed by atoms with van der Waals surface area (Å²) >= 11 is 5.91. The Morgan fingerprint density at radius 1 is 1.54 bits per heavy atom. The van der Waals surface area contributed by atoms with E-state index in [9.17, 15) is 0 Å². The van der Waals surface area contributed by atoms with Crippen LogP contribution in [0.15, 0.2) is 18.2 Å². The summed E-state index contributed by atoms with van der Waals surface area (Å²) in [6.07, 6.45) is 1.09. The second kappa shape index (κ2) is 4.30. The molecule has 1 unspecified atom stereocenters. The molecule has 1 rings (SSSR count).